The van der Waals surface area contributed by atoms with E-state index in [4.69, 9.17) is 4.74 Å². The summed E-state index contributed by atoms with van der Waals surface area (Å²) < 4.78 is 5.80. The predicted molar refractivity (Wildman–Crippen MR) is 79.6 cm³/mol. The van der Waals surface area contributed by atoms with Gasteiger partial charge in [0.1, 0.15) is 5.75 Å². The van der Waals surface area contributed by atoms with Crippen molar-refractivity contribution in [3.63, 3.8) is 0 Å². The highest BCUT2D eigenvalue weighted by Gasteiger charge is 2.15. The molecule has 6 heteroatoms. The average Bonchev–Trinajstić information content (AvgIpc) is 2.49. The fourth-order valence-electron chi connectivity index (χ4n) is 1.89. The van der Waals surface area contributed by atoms with E-state index >= 15 is 0 Å². The van der Waals surface area contributed by atoms with Crippen LogP contribution in [0.4, 0.5) is 5.69 Å². The van der Waals surface area contributed by atoms with Crippen molar-refractivity contribution in [1.29, 1.82) is 0 Å². The second kappa shape index (κ2) is 6.32. The van der Waals surface area contributed by atoms with Gasteiger partial charge in [-0.25, -0.2) is 4.98 Å². The number of hydrogen-bond donors (Lipinski definition) is 1. The summed E-state index contributed by atoms with van der Waals surface area (Å²) in [6.07, 6.45) is 1.63. The topological polar surface area (TPSA) is 77.3 Å². The van der Waals surface area contributed by atoms with Crippen molar-refractivity contribution in [2.75, 3.05) is 7.05 Å². The van der Waals surface area contributed by atoms with Gasteiger partial charge in [-0.3, -0.25) is 10.1 Å². The molecule has 0 radical (unpaired) electrons. The number of aryl methyl sites for hydroxylation is 1. The molecule has 0 saturated heterocycles. The molecule has 21 heavy (non-hydrogen) atoms. The first-order valence-corrected chi connectivity index (χ1v) is 6.58. The summed E-state index contributed by atoms with van der Waals surface area (Å²) in [5, 5.41) is 14.0. The van der Waals surface area contributed by atoms with Crippen molar-refractivity contribution in [1.82, 2.24) is 10.3 Å². The van der Waals surface area contributed by atoms with Gasteiger partial charge in [0.05, 0.1) is 11.0 Å². The summed E-state index contributed by atoms with van der Waals surface area (Å²) in [7, 11) is 1.85. The van der Waals surface area contributed by atoms with Crippen molar-refractivity contribution < 1.29 is 9.66 Å². The van der Waals surface area contributed by atoms with E-state index in [-0.39, 0.29) is 11.7 Å². The Morgan fingerprint density at radius 2 is 2.14 bits per heavy atom. The molecular formula is C15H17N3O3. The van der Waals surface area contributed by atoms with Crippen molar-refractivity contribution in [2.24, 2.45) is 0 Å². The molecule has 110 valence electrons. The van der Waals surface area contributed by atoms with E-state index in [0.717, 1.165) is 11.1 Å². The van der Waals surface area contributed by atoms with Crippen molar-refractivity contribution in [3.8, 4) is 11.6 Å². The van der Waals surface area contributed by atoms with E-state index in [1.807, 2.05) is 33.0 Å². The van der Waals surface area contributed by atoms with Gasteiger partial charge >= 0.3 is 0 Å². The zero-order chi connectivity index (χ0) is 15.4. The van der Waals surface area contributed by atoms with E-state index < -0.39 is 4.92 Å². The average molecular weight is 287 g/mol. The van der Waals surface area contributed by atoms with Gasteiger partial charge in [0.25, 0.3) is 5.69 Å². The van der Waals surface area contributed by atoms with E-state index in [0.29, 0.717) is 11.6 Å². The molecule has 2 aromatic rings. The standard InChI is InChI=1S/C15H17N3O3/c1-10-6-7-12(18(19)20)9-14(10)21-15-13(11(2)16-3)5-4-8-17-15/h4-9,11,16H,1-3H3. The van der Waals surface area contributed by atoms with E-state index in [1.165, 1.54) is 12.1 Å². The van der Waals surface area contributed by atoms with Crippen LogP contribution in [-0.2, 0) is 0 Å². The van der Waals surface area contributed by atoms with Gasteiger partial charge in [-0.05, 0) is 38.6 Å². The van der Waals surface area contributed by atoms with Gasteiger partial charge in [-0.1, -0.05) is 6.07 Å². The molecule has 0 saturated carbocycles. The van der Waals surface area contributed by atoms with Crippen LogP contribution in [0.15, 0.2) is 36.5 Å². The Kier molecular flexibility index (Phi) is 4.49. The lowest BCUT2D eigenvalue weighted by Crippen LogP contribution is -2.13. The van der Waals surface area contributed by atoms with Gasteiger partial charge in [-0.15, -0.1) is 0 Å². The summed E-state index contributed by atoms with van der Waals surface area (Å²) in [4.78, 5) is 14.6. The molecule has 0 bridgehead atoms. The highest BCUT2D eigenvalue weighted by atomic mass is 16.6. The molecule has 0 aliphatic heterocycles. The molecule has 0 fully saturated rings. The summed E-state index contributed by atoms with van der Waals surface area (Å²) in [6, 6.07) is 8.34. The Morgan fingerprint density at radius 1 is 1.38 bits per heavy atom. The molecule has 1 N–H and O–H groups in total. The number of benzene rings is 1. The molecule has 1 atom stereocenters. The van der Waals surface area contributed by atoms with Gasteiger partial charge in [-0.2, -0.15) is 0 Å². The van der Waals surface area contributed by atoms with Gasteiger partial charge < -0.3 is 10.1 Å². The maximum atomic E-state index is 10.9. The number of ether oxygens (including phenoxy) is 1. The van der Waals surface area contributed by atoms with Gasteiger partial charge in [0.2, 0.25) is 5.88 Å². The van der Waals surface area contributed by atoms with Crippen LogP contribution < -0.4 is 10.1 Å². The molecular weight excluding hydrogens is 270 g/mol. The van der Waals surface area contributed by atoms with Crippen LogP contribution >= 0.6 is 0 Å². The highest BCUT2D eigenvalue weighted by molar-refractivity contribution is 5.46. The third-order valence-corrected chi connectivity index (χ3v) is 3.29. The smallest absolute Gasteiger partial charge is 0.273 e. The summed E-state index contributed by atoms with van der Waals surface area (Å²) in [5.74, 6) is 0.885. The molecule has 2 rings (SSSR count). The van der Waals surface area contributed by atoms with E-state index in [2.05, 4.69) is 10.3 Å². The quantitative estimate of drug-likeness (QED) is 0.674. The third kappa shape index (κ3) is 3.35. The monoisotopic (exact) mass is 287 g/mol. The molecule has 0 amide bonds. The Labute approximate surface area is 122 Å². The summed E-state index contributed by atoms with van der Waals surface area (Å²) >= 11 is 0. The predicted octanol–water partition coefficient (Wildman–Crippen LogP) is 3.37. The minimum atomic E-state index is -0.443. The number of hydrogen-bond acceptors (Lipinski definition) is 5. The Balaban J connectivity index is 2.38. The third-order valence-electron chi connectivity index (χ3n) is 3.29. The first kappa shape index (κ1) is 14.9. The zero-order valence-corrected chi connectivity index (χ0v) is 12.2. The van der Waals surface area contributed by atoms with Crippen LogP contribution in [0.2, 0.25) is 0 Å². The molecule has 1 unspecified atom stereocenters. The second-order valence-electron chi connectivity index (χ2n) is 4.72. The molecule has 0 aliphatic rings. The summed E-state index contributed by atoms with van der Waals surface area (Å²) in [6.45, 7) is 3.83. The van der Waals surface area contributed by atoms with Crippen LogP contribution in [0, 0.1) is 17.0 Å². The number of nitro groups is 1. The number of non-ortho nitro benzene ring substituents is 1. The van der Waals surface area contributed by atoms with Crippen LogP contribution in [0.25, 0.3) is 0 Å². The van der Waals surface area contributed by atoms with Crippen LogP contribution in [0.5, 0.6) is 11.6 Å². The van der Waals surface area contributed by atoms with Gasteiger partial charge in [0, 0.05) is 23.9 Å². The lowest BCUT2D eigenvalue weighted by molar-refractivity contribution is -0.384. The van der Waals surface area contributed by atoms with Crippen molar-refractivity contribution in [3.05, 3.63) is 57.8 Å². The molecule has 0 aliphatic carbocycles. The minimum Gasteiger partial charge on any atom is -0.438 e. The van der Waals surface area contributed by atoms with Crippen LogP contribution in [-0.4, -0.2) is 17.0 Å². The number of nitro benzene ring substituents is 1. The van der Waals surface area contributed by atoms with Crippen LogP contribution in [0.1, 0.15) is 24.1 Å². The molecule has 6 nitrogen and oxygen atoms in total. The Hall–Kier alpha value is -2.47. The van der Waals surface area contributed by atoms with Crippen molar-refractivity contribution >= 4 is 5.69 Å². The highest BCUT2D eigenvalue weighted by Crippen LogP contribution is 2.31. The first-order valence-electron chi connectivity index (χ1n) is 6.58. The lowest BCUT2D eigenvalue weighted by Gasteiger charge is -2.15. The number of aromatic nitrogens is 1. The van der Waals surface area contributed by atoms with E-state index in [1.54, 1.807) is 12.3 Å². The molecule has 1 heterocycles. The second-order valence-corrected chi connectivity index (χ2v) is 4.72. The summed E-state index contributed by atoms with van der Waals surface area (Å²) in [5.41, 5.74) is 1.70. The van der Waals surface area contributed by atoms with Crippen molar-refractivity contribution in [2.45, 2.75) is 19.9 Å². The lowest BCUT2D eigenvalue weighted by atomic mass is 10.1. The number of rotatable bonds is 5. The number of nitrogens with one attached hydrogen (secondary N) is 1. The maximum Gasteiger partial charge on any atom is 0.273 e. The SMILES string of the molecule is CNC(C)c1cccnc1Oc1cc([N+](=O)[O-])ccc1C. The minimum absolute atomic E-state index is 0.00486. The van der Waals surface area contributed by atoms with E-state index in [9.17, 15) is 10.1 Å². The molecule has 1 aromatic heterocycles. The Bertz CT molecular complexity index is 658. The van der Waals surface area contributed by atoms with Crippen LogP contribution in [0.3, 0.4) is 0 Å². The molecule has 1 aromatic carbocycles. The number of nitrogens with zero attached hydrogens (tertiary/aromatic N) is 2. The number of pyridine rings is 1. The fraction of sp³-hybridized carbons (Fsp3) is 0.267. The normalized spacial score (nSPS) is 12.0. The largest absolute Gasteiger partial charge is 0.438 e. The fourth-order valence-corrected chi connectivity index (χ4v) is 1.89. The Morgan fingerprint density at radius 3 is 2.81 bits per heavy atom. The first-order chi connectivity index (χ1) is 10.0. The zero-order valence-electron chi connectivity index (χ0n) is 12.2. The molecule has 0 spiro atoms. The maximum absolute atomic E-state index is 10.9. The van der Waals surface area contributed by atoms with Gasteiger partial charge in [0.15, 0.2) is 0 Å².